The van der Waals surface area contributed by atoms with Crippen molar-refractivity contribution < 1.29 is 8.42 Å². The van der Waals surface area contributed by atoms with Gasteiger partial charge in [-0.2, -0.15) is 19.6 Å². The maximum Gasteiger partial charge on any atom is 0.230 e. The van der Waals surface area contributed by atoms with E-state index in [0.717, 1.165) is 56.3 Å². The average molecular weight is 501 g/mol. The van der Waals surface area contributed by atoms with Gasteiger partial charge in [0.15, 0.2) is 5.65 Å². The number of likely N-dealkylation sites (N-methyl/N-ethyl adjacent to an activating group) is 1. The average Bonchev–Trinajstić information content (AvgIpc) is 3.10. The summed E-state index contributed by atoms with van der Waals surface area (Å²) in [6, 6.07) is 0.0698. The summed E-state index contributed by atoms with van der Waals surface area (Å²) in [5, 5.41) is 7.47. The Bertz CT molecular complexity index is 968. The first-order chi connectivity index (χ1) is 14.4. The minimum Gasteiger partial charge on any atom is -0.353 e. The zero-order valence-electron chi connectivity index (χ0n) is 17.2. The Morgan fingerprint density at radius 1 is 1.13 bits per heavy atom. The molecule has 2 N–H and O–H groups in total. The molecule has 2 aromatic heterocycles. The molecule has 0 atom stereocenters. The molecule has 1 saturated carbocycles. The first kappa shape index (κ1) is 21.7. The molecule has 4 rings (SSSR count). The molecule has 0 spiro atoms. The summed E-state index contributed by atoms with van der Waals surface area (Å²) in [5.74, 6) is 1.11. The number of sulfonamides is 1. The summed E-state index contributed by atoms with van der Waals surface area (Å²) in [6.45, 7) is 3.83. The molecule has 12 heteroatoms. The second-order valence-corrected chi connectivity index (χ2v) is 10.8. The number of aromatic nitrogens is 4. The molecule has 0 amide bonds. The van der Waals surface area contributed by atoms with Crippen molar-refractivity contribution in [2.75, 3.05) is 55.7 Å². The molecule has 2 aromatic rings. The normalized spacial score (nSPS) is 19.5. The van der Waals surface area contributed by atoms with Crippen molar-refractivity contribution in [3.8, 4) is 0 Å². The van der Waals surface area contributed by atoms with E-state index < -0.39 is 10.0 Å². The predicted molar refractivity (Wildman–Crippen MR) is 120 cm³/mol. The van der Waals surface area contributed by atoms with Crippen LogP contribution in [-0.4, -0.2) is 84.5 Å². The first-order valence-electron chi connectivity index (χ1n) is 10.5. The van der Waals surface area contributed by atoms with Gasteiger partial charge >= 0.3 is 0 Å². The SMILES string of the molecule is CN1CCN(c2nc(NCCS(=O)(=O)NC3CCCCC3)n3ncc(Br)c3n2)CC1. The van der Waals surface area contributed by atoms with Crippen LogP contribution in [-0.2, 0) is 10.0 Å². The van der Waals surface area contributed by atoms with Crippen molar-refractivity contribution >= 4 is 43.5 Å². The first-order valence-corrected chi connectivity index (χ1v) is 12.9. The Labute approximate surface area is 185 Å². The standard InChI is InChI=1S/C18H29BrN8O2S/c1-25-8-10-26(11-9-25)18-22-16-15(19)13-21-27(16)17(23-18)20-7-12-30(28,29)24-14-5-3-2-4-6-14/h13-14,24H,2-12H2,1H3,(H,20,22,23). The molecule has 0 aromatic carbocycles. The van der Waals surface area contributed by atoms with E-state index in [0.29, 0.717) is 17.5 Å². The lowest BCUT2D eigenvalue weighted by molar-refractivity contribution is 0.311. The Balaban J connectivity index is 1.45. The number of halogens is 1. The van der Waals surface area contributed by atoms with Gasteiger partial charge in [0.2, 0.25) is 21.9 Å². The molecule has 3 heterocycles. The molecular formula is C18H29BrN8O2S. The molecule has 1 aliphatic carbocycles. The Hall–Kier alpha value is -1.50. The van der Waals surface area contributed by atoms with Crippen molar-refractivity contribution in [2.24, 2.45) is 0 Å². The molecule has 1 aliphatic heterocycles. The molecule has 0 bridgehead atoms. The van der Waals surface area contributed by atoms with Crippen molar-refractivity contribution in [3.05, 3.63) is 10.7 Å². The number of piperazine rings is 1. The molecule has 2 aliphatic rings. The summed E-state index contributed by atoms with van der Waals surface area (Å²) < 4.78 is 30.2. The highest BCUT2D eigenvalue weighted by atomic mass is 79.9. The quantitative estimate of drug-likeness (QED) is 0.585. The highest BCUT2D eigenvalue weighted by molar-refractivity contribution is 9.10. The van der Waals surface area contributed by atoms with Gasteiger partial charge < -0.3 is 15.1 Å². The van der Waals surface area contributed by atoms with Crippen LogP contribution in [0.15, 0.2) is 10.7 Å². The third-order valence-corrected chi connectivity index (χ3v) is 7.70. The summed E-state index contributed by atoms with van der Waals surface area (Å²) >= 11 is 3.49. The van der Waals surface area contributed by atoms with E-state index in [1.54, 1.807) is 10.7 Å². The monoisotopic (exact) mass is 500 g/mol. The van der Waals surface area contributed by atoms with E-state index >= 15 is 0 Å². The lowest BCUT2D eigenvalue weighted by atomic mass is 9.96. The van der Waals surface area contributed by atoms with E-state index in [4.69, 9.17) is 0 Å². The summed E-state index contributed by atoms with van der Waals surface area (Å²) in [6.07, 6.45) is 6.90. The molecule has 1 saturated heterocycles. The van der Waals surface area contributed by atoms with Gasteiger partial charge in [-0.25, -0.2) is 13.1 Å². The third kappa shape index (κ3) is 5.21. The Morgan fingerprint density at radius 2 is 1.87 bits per heavy atom. The van der Waals surface area contributed by atoms with Gasteiger partial charge in [-0.1, -0.05) is 19.3 Å². The molecule has 30 heavy (non-hydrogen) atoms. The van der Waals surface area contributed by atoms with Crippen LogP contribution in [0.2, 0.25) is 0 Å². The zero-order chi connectivity index (χ0) is 21.1. The minimum atomic E-state index is -3.35. The number of hydrogen-bond donors (Lipinski definition) is 2. The van der Waals surface area contributed by atoms with Crippen LogP contribution in [0.1, 0.15) is 32.1 Å². The second kappa shape index (κ2) is 9.33. The summed E-state index contributed by atoms with van der Waals surface area (Å²) in [7, 11) is -1.25. The molecule has 166 valence electrons. The molecule has 0 radical (unpaired) electrons. The molecular weight excluding hydrogens is 472 g/mol. The van der Waals surface area contributed by atoms with Gasteiger partial charge in [-0.15, -0.1) is 0 Å². The van der Waals surface area contributed by atoms with Crippen molar-refractivity contribution in [1.82, 2.24) is 29.2 Å². The topological polar surface area (TPSA) is 108 Å². The minimum absolute atomic E-state index is 0.0126. The molecule has 10 nitrogen and oxygen atoms in total. The third-order valence-electron chi connectivity index (χ3n) is 5.70. The van der Waals surface area contributed by atoms with Crippen LogP contribution in [0.3, 0.4) is 0 Å². The lowest BCUT2D eigenvalue weighted by Crippen LogP contribution is -2.45. The van der Waals surface area contributed by atoms with E-state index in [2.05, 4.69) is 57.9 Å². The van der Waals surface area contributed by atoms with E-state index in [9.17, 15) is 8.42 Å². The van der Waals surface area contributed by atoms with Gasteiger partial charge in [0, 0.05) is 38.8 Å². The van der Waals surface area contributed by atoms with Crippen LogP contribution in [0, 0.1) is 0 Å². The summed E-state index contributed by atoms with van der Waals surface area (Å²) in [4.78, 5) is 13.7. The van der Waals surface area contributed by atoms with Gasteiger partial charge in [0.05, 0.1) is 16.4 Å². The van der Waals surface area contributed by atoms with Gasteiger partial charge in [-0.3, -0.25) is 0 Å². The molecule has 2 fully saturated rings. The fourth-order valence-electron chi connectivity index (χ4n) is 3.93. The maximum atomic E-state index is 12.5. The highest BCUT2D eigenvalue weighted by Gasteiger charge is 2.22. The number of nitrogens with zero attached hydrogens (tertiary/aromatic N) is 6. The second-order valence-electron chi connectivity index (χ2n) is 8.06. The smallest absolute Gasteiger partial charge is 0.230 e. The van der Waals surface area contributed by atoms with Crippen molar-refractivity contribution in [1.29, 1.82) is 0 Å². The van der Waals surface area contributed by atoms with Crippen molar-refractivity contribution in [3.63, 3.8) is 0 Å². The zero-order valence-corrected chi connectivity index (χ0v) is 19.6. The van der Waals surface area contributed by atoms with Crippen LogP contribution in [0.25, 0.3) is 5.65 Å². The van der Waals surface area contributed by atoms with Crippen LogP contribution >= 0.6 is 15.9 Å². The predicted octanol–water partition coefficient (Wildman–Crippen LogP) is 1.30. The van der Waals surface area contributed by atoms with Gasteiger partial charge in [0.25, 0.3) is 0 Å². The van der Waals surface area contributed by atoms with E-state index in [1.165, 1.54) is 6.42 Å². The number of hydrogen-bond acceptors (Lipinski definition) is 8. The largest absolute Gasteiger partial charge is 0.353 e. The highest BCUT2D eigenvalue weighted by Crippen LogP contribution is 2.22. The fraction of sp³-hybridized carbons (Fsp3) is 0.722. The summed E-state index contributed by atoms with van der Waals surface area (Å²) in [5.41, 5.74) is 0.657. The lowest BCUT2D eigenvalue weighted by Gasteiger charge is -2.32. The Morgan fingerprint density at radius 3 is 2.60 bits per heavy atom. The van der Waals surface area contributed by atoms with Crippen LogP contribution in [0.4, 0.5) is 11.9 Å². The van der Waals surface area contributed by atoms with E-state index in [1.807, 2.05) is 0 Å². The van der Waals surface area contributed by atoms with Gasteiger partial charge in [0.1, 0.15) is 0 Å². The molecule has 0 unspecified atom stereocenters. The van der Waals surface area contributed by atoms with Crippen LogP contribution < -0.4 is 14.9 Å². The van der Waals surface area contributed by atoms with Crippen LogP contribution in [0.5, 0.6) is 0 Å². The number of anilines is 2. The van der Waals surface area contributed by atoms with Crippen molar-refractivity contribution in [2.45, 2.75) is 38.1 Å². The maximum absolute atomic E-state index is 12.5. The Kier molecular flexibility index (Phi) is 6.75. The van der Waals surface area contributed by atoms with E-state index in [-0.39, 0.29) is 18.3 Å². The number of rotatable bonds is 7. The fourth-order valence-corrected chi connectivity index (χ4v) is 5.51. The number of nitrogens with one attached hydrogen (secondary N) is 2. The van der Waals surface area contributed by atoms with Gasteiger partial charge in [-0.05, 0) is 35.8 Å². The number of fused-ring (bicyclic) bond motifs is 1.